The Morgan fingerprint density at radius 2 is 1.76 bits per heavy atom. The lowest BCUT2D eigenvalue weighted by atomic mass is 9.80. The van der Waals surface area contributed by atoms with Crippen molar-refractivity contribution in [1.29, 1.82) is 0 Å². The van der Waals surface area contributed by atoms with Crippen molar-refractivity contribution in [2.45, 2.75) is 51.6 Å². The molecule has 0 aromatic heterocycles. The van der Waals surface area contributed by atoms with Gasteiger partial charge in [0.15, 0.2) is 23.0 Å². The van der Waals surface area contributed by atoms with E-state index in [1.165, 1.54) is 54.6 Å². The lowest BCUT2D eigenvalue weighted by Crippen LogP contribution is -2.56. The predicted molar refractivity (Wildman–Crippen MR) is 109 cm³/mol. The molecule has 152 valence electrons. The number of fused-ring (bicyclic) bond motifs is 7. The highest BCUT2D eigenvalue weighted by atomic mass is 16.7. The maximum Gasteiger partial charge on any atom is 0.231 e. The normalized spacial score (nSPS) is 25.3. The van der Waals surface area contributed by atoms with Crippen LogP contribution in [-0.2, 0) is 19.4 Å². The van der Waals surface area contributed by atoms with E-state index >= 15 is 0 Å². The standard InChI is InChI=1S/C24H28NO4/c1-2-3-4-8-25-9-7-17-11-22-23(28-14-27-22)12-18(17)20(25)10-16-5-6-21-24(19(16)13-25)29-15-26-21/h5-6,11-12,20H,2-4,7-10,13-15H2,1H3/q+1. The van der Waals surface area contributed by atoms with Crippen LogP contribution in [0.5, 0.6) is 23.0 Å². The zero-order valence-corrected chi connectivity index (χ0v) is 17.0. The molecule has 0 saturated heterocycles. The molecule has 5 nitrogen and oxygen atoms in total. The molecule has 0 amide bonds. The molecule has 29 heavy (non-hydrogen) atoms. The number of unbranched alkanes of at least 4 members (excludes halogenated alkanes) is 2. The van der Waals surface area contributed by atoms with Crippen molar-refractivity contribution in [2.24, 2.45) is 0 Å². The van der Waals surface area contributed by atoms with Gasteiger partial charge < -0.3 is 23.4 Å². The highest BCUT2D eigenvalue weighted by molar-refractivity contribution is 5.54. The highest BCUT2D eigenvalue weighted by Gasteiger charge is 2.47. The van der Waals surface area contributed by atoms with Crippen LogP contribution in [0.4, 0.5) is 0 Å². The Labute approximate surface area is 171 Å². The van der Waals surface area contributed by atoms with Crippen molar-refractivity contribution in [3.05, 3.63) is 46.5 Å². The summed E-state index contributed by atoms with van der Waals surface area (Å²) in [6, 6.07) is 9.31. The van der Waals surface area contributed by atoms with Crippen LogP contribution in [0.15, 0.2) is 24.3 Å². The fraction of sp³-hybridized carbons (Fsp3) is 0.500. The summed E-state index contributed by atoms with van der Waals surface area (Å²) < 4.78 is 24.1. The maximum absolute atomic E-state index is 5.91. The van der Waals surface area contributed by atoms with Gasteiger partial charge in [0, 0.05) is 18.4 Å². The van der Waals surface area contributed by atoms with Crippen LogP contribution >= 0.6 is 0 Å². The van der Waals surface area contributed by atoms with E-state index in [4.69, 9.17) is 18.9 Å². The molecule has 4 aliphatic heterocycles. The van der Waals surface area contributed by atoms with Crippen molar-refractivity contribution in [1.82, 2.24) is 0 Å². The second kappa shape index (κ2) is 6.56. The van der Waals surface area contributed by atoms with Crippen LogP contribution in [0.3, 0.4) is 0 Å². The minimum absolute atomic E-state index is 0.339. The van der Waals surface area contributed by atoms with Gasteiger partial charge in [0.05, 0.1) is 18.7 Å². The number of quaternary nitrogens is 1. The Balaban J connectivity index is 1.45. The molecule has 4 heterocycles. The van der Waals surface area contributed by atoms with Gasteiger partial charge in [-0.3, -0.25) is 0 Å². The maximum atomic E-state index is 5.91. The molecule has 2 aromatic rings. The minimum Gasteiger partial charge on any atom is -0.454 e. The smallest absolute Gasteiger partial charge is 0.231 e. The van der Waals surface area contributed by atoms with Crippen LogP contribution in [0.25, 0.3) is 0 Å². The third-order valence-electron chi connectivity index (χ3n) is 7.31. The monoisotopic (exact) mass is 394 g/mol. The lowest BCUT2D eigenvalue weighted by molar-refractivity contribution is -0.973. The summed E-state index contributed by atoms with van der Waals surface area (Å²) in [5.41, 5.74) is 5.68. The Morgan fingerprint density at radius 3 is 2.66 bits per heavy atom. The summed E-state index contributed by atoms with van der Waals surface area (Å²) in [6.45, 7) is 6.39. The summed E-state index contributed by atoms with van der Waals surface area (Å²) in [5.74, 6) is 3.73. The van der Waals surface area contributed by atoms with Gasteiger partial charge in [0.2, 0.25) is 13.6 Å². The van der Waals surface area contributed by atoms with Crippen LogP contribution < -0.4 is 18.9 Å². The molecule has 0 bridgehead atoms. The molecule has 2 unspecified atom stereocenters. The molecule has 0 saturated carbocycles. The quantitative estimate of drug-likeness (QED) is 0.565. The zero-order chi connectivity index (χ0) is 19.4. The molecule has 5 heteroatoms. The third kappa shape index (κ3) is 2.63. The van der Waals surface area contributed by atoms with Gasteiger partial charge in [-0.1, -0.05) is 19.4 Å². The molecule has 0 aliphatic carbocycles. The van der Waals surface area contributed by atoms with Crippen molar-refractivity contribution < 1.29 is 23.4 Å². The van der Waals surface area contributed by atoms with E-state index in [0.29, 0.717) is 19.6 Å². The first-order chi connectivity index (χ1) is 14.3. The van der Waals surface area contributed by atoms with Crippen molar-refractivity contribution >= 4 is 0 Å². The van der Waals surface area contributed by atoms with Gasteiger partial charge in [0.1, 0.15) is 12.6 Å². The molecular formula is C24H28NO4+. The number of ether oxygens (including phenoxy) is 4. The molecule has 6 rings (SSSR count). The van der Waals surface area contributed by atoms with Crippen LogP contribution in [-0.4, -0.2) is 31.2 Å². The average molecular weight is 394 g/mol. The van der Waals surface area contributed by atoms with Gasteiger partial charge in [-0.15, -0.1) is 0 Å². The molecule has 0 spiro atoms. The van der Waals surface area contributed by atoms with E-state index < -0.39 is 0 Å². The number of rotatable bonds is 4. The molecule has 2 aromatic carbocycles. The first kappa shape index (κ1) is 17.5. The number of benzene rings is 2. The molecule has 0 N–H and O–H groups in total. The summed E-state index contributed by atoms with van der Waals surface area (Å²) in [5, 5.41) is 0. The van der Waals surface area contributed by atoms with Crippen molar-refractivity contribution in [2.75, 3.05) is 26.7 Å². The molecule has 0 radical (unpaired) electrons. The lowest BCUT2D eigenvalue weighted by Gasteiger charge is -2.51. The Hall–Kier alpha value is -2.40. The topological polar surface area (TPSA) is 36.9 Å². The first-order valence-electron chi connectivity index (χ1n) is 11.0. The second-order valence-electron chi connectivity index (χ2n) is 8.84. The fourth-order valence-corrected chi connectivity index (χ4v) is 5.80. The third-order valence-corrected chi connectivity index (χ3v) is 7.31. The number of hydrogen-bond acceptors (Lipinski definition) is 4. The van der Waals surface area contributed by atoms with E-state index in [1.807, 2.05) is 0 Å². The van der Waals surface area contributed by atoms with E-state index in [2.05, 4.69) is 31.2 Å². The molecular weight excluding hydrogens is 366 g/mol. The Morgan fingerprint density at radius 1 is 0.931 bits per heavy atom. The van der Waals surface area contributed by atoms with Gasteiger partial charge in [-0.25, -0.2) is 0 Å². The summed E-state index contributed by atoms with van der Waals surface area (Å²) in [4.78, 5) is 0. The summed E-state index contributed by atoms with van der Waals surface area (Å²) in [6.07, 6.45) is 5.96. The molecule has 0 fully saturated rings. The van der Waals surface area contributed by atoms with E-state index in [1.54, 1.807) is 0 Å². The zero-order valence-electron chi connectivity index (χ0n) is 17.0. The Kier molecular flexibility index (Phi) is 3.95. The largest absolute Gasteiger partial charge is 0.454 e. The number of hydrogen-bond donors (Lipinski definition) is 0. The first-order valence-corrected chi connectivity index (χ1v) is 11.0. The summed E-state index contributed by atoms with van der Waals surface area (Å²) in [7, 11) is 0. The second-order valence-corrected chi connectivity index (χ2v) is 8.84. The molecule has 4 aliphatic rings. The van der Waals surface area contributed by atoms with Gasteiger partial charge in [-0.05, 0) is 42.2 Å². The van der Waals surface area contributed by atoms with E-state index in [9.17, 15) is 0 Å². The SMILES string of the molecule is CCCCC[N+]12CCc3cc4c(cc3C1Cc1ccc3c(c1C2)OCO3)OCO4. The Bertz CT molecular complexity index is 972. The van der Waals surface area contributed by atoms with Crippen molar-refractivity contribution in [3.8, 4) is 23.0 Å². The van der Waals surface area contributed by atoms with Crippen LogP contribution in [0.2, 0.25) is 0 Å². The number of nitrogens with zero attached hydrogens (tertiary/aromatic N) is 1. The van der Waals surface area contributed by atoms with Gasteiger partial charge >= 0.3 is 0 Å². The fourth-order valence-electron chi connectivity index (χ4n) is 5.80. The van der Waals surface area contributed by atoms with Gasteiger partial charge in [-0.2, -0.15) is 0 Å². The van der Waals surface area contributed by atoms with E-state index in [-0.39, 0.29) is 0 Å². The predicted octanol–water partition coefficient (Wildman–Crippen LogP) is 4.50. The highest BCUT2D eigenvalue weighted by Crippen LogP contribution is 2.51. The van der Waals surface area contributed by atoms with Gasteiger partial charge in [0.25, 0.3) is 0 Å². The average Bonchev–Trinajstić information content (AvgIpc) is 3.40. The molecule has 2 atom stereocenters. The van der Waals surface area contributed by atoms with Crippen molar-refractivity contribution in [3.63, 3.8) is 0 Å². The summed E-state index contributed by atoms with van der Waals surface area (Å²) >= 11 is 0. The van der Waals surface area contributed by atoms with Crippen LogP contribution in [0, 0.1) is 0 Å². The van der Waals surface area contributed by atoms with Crippen LogP contribution in [0.1, 0.15) is 54.5 Å². The van der Waals surface area contributed by atoms with E-state index in [0.717, 1.165) is 46.9 Å². The minimum atomic E-state index is 0.339.